The second-order valence-corrected chi connectivity index (χ2v) is 5.36. The Kier molecular flexibility index (Phi) is 3.34. The number of hydrogen-bond acceptors (Lipinski definition) is 6. The maximum absolute atomic E-state index is 12.4. The molecule has 0 spiro atoms. The zero-order chi connectivity index (χ0) is 15.6. The number of benzene rings is 1. The molecule has 1 amide bonds. The number of hydrogen-bond donors (Lipinski definition) is 0. The van der Waals surface area contributed by atoms with Crippen molar-refractivity contribution >= 4 is 17.4 Å². The van der Waals surface area contributed by atoms with Crippen molar-refractivity contribution in [2.45, 2.75) is 0 Å². The molecule has 1 aliphatic rings. The molecule has 23 heavy (non-hydrogen) atoms. The molecule has 8 heteroatoms. The number of rotatable bonds is 2. The normalized spacial score (nSPS) is 15.1. The first kappa shape index (κ1) is 13.6. The van der Waals surface area contributed by atoms with E-state index in [0.717, 1.165) is 24.5 Å². The Hall–Kier alpha value is -3.03. The largest absolute Gasteiger partial charge is 0.352 e. The molecule has 8 nitrogen and oxygen atoms in total. The van der Waals surface area contributed by atoms with Crippen molar-refractivity contribution in [1.29, 1.82) is 0 Å². The van der Waals surface area contributed by atoms with Gasteiger partial charge < -0.3 is 9.80 Å². The lowest BCUT2D eigenvalue weighted by atomic mass is 10.2. The average Bonchev–Trinajstić information content (AvgIpc) is 3.10. The van der Waals surface area contributed by atoms with Crippen molar-refractivity contribution in [2.24, 2.45) is 0 Å². The maximum atomic E-state index is 12.4. The van der Waals surface area contributed by atoms with Crippen LogP contribution in [0.15, 0.2) is 42.5 Å². The number of carbonyl (C=O) groups is 1. The zero-order valence-electron chi connectivity index (χ0n) is 12.4. The summed E-state index contributed by atoms with van der Waals surface area (Å²) in [7, 11) is 0. The fourth-order valence-electron chi connectivity index (χ4n) is 2.71. The van der Waals surface area contributed by atoms with E-state index in [1.807, 2.05) is 47.4 Å². The number of nitrogens with zero attached hydrogens (tertiary/aromatic N) is 7. The summed E-state index contributed by atoms with van der Waals surface area (Å²) in [6.45, 7) is 2.81. The van der Waals surface area contributed by atoms with Gasteiger partial charge in [-0.15, -0.1) is 14.8 Å². The molecule has 1 fully saturated rings. The molecule has 1 aromatic carbocycles. The summed E-state index contributed by atoms with van der Waals surface area (Å²) in [5.74, 6) is 0.894. The number of fused-ring (bicyclic) bond motifs is 1. The van der Waals surface area contributed by atoms with Gasteiger partial charge in [0.1, 0.15) is 0 Å². The van der Waals surface area contributed by atoms with Crippen molar-refractivity contribution < 1.29 is 4.79 Å². The van der Waals surface area contributed by atoms with Crippen LogP contribution in [0.4, 0.5) is 5.82 Å². The number of anilines is 1. The van der Waals surface area contributed by atoms with E-state index in [2.05, 4.69) is 25.5 Å². The summed E-state index contributed by atoms with van der Waals surface area (Å²) in [6.07, 6.45) is 0. The topological polar surface area (TPSA) is 79.5 Å². The molecule has 3 aromatic rings. The highest BCUT2D eigenvalue weighted by atomic mass is 16.2. The van der Waals surface area contributed by atoms with Crippen LogP contribution in [-0.4, -0.2) is 62.2 Å². The van der Waals surface area contributed by atoms with Gasteiger partial charge in [-0.05, 0) is 34.7 Å². The minimum absolute atomic E-state index is 0.0779. The second kappa shape index (κ2) is 5.64. The molecule has 1 saturated heterocycles. The van der Waals surface area contributed by atoms with Crippen LogP contribution in [0.3, 0.4) is 0 Å². The van der Waals surface area contributed by atoms with E-state index in [-0.39, 0.29) is 5.91 Å². The van der Waals surface area contributed by atoms with E-state index in [0.29, 0.717) is 18.7 Å². The van der Waals surface area contributed by atoms with Crippen molar-refractivity contribution in [2.75, 3.05) is 31.1 Å². The van der Waals surface area contributed by atoms with Crippen LogP contribution in [-0.2, 0) is 0 Å². The fourth-order valence-corrected chi connectivity index (χ4v) is 2.71. The molecule has 4 rings (SSSR count). The van der Waals surface area contributed by atoms with Crippen LogP contribution in [0.2, 0.25) is 0 Å². The molecule has 2 aromatic heterocycles. The highest BCUT2D eigenvalue weighted by Crippen LogP contribution is 2.15. The summed E-state index contributed by atoms with van der Waals surface area (Å²) in [5, 5.41) is 15.6. The lowest BCUT2D eigenvalue weighted by molar-refractivity contribution is 0.0746. The molecule has 116 valence electrons. The quantitative estimate of drug-likeness (QED) is 0.685. The first-order valence-corrected chi connectivity index (χ1v) is 7.46. The van der Waals surface area contributed by atoms with E-state index >= 15 is 0 Å². The Morgan fingerprint density at radius 2 is 1.74 bits per heavy atom. The average molecular weight is 309 g/mol. The Bertz CT molecular complexity index is 824. The van der Waals surface area contributed by atoms with Crippen molar-refractivity contribution in [3.05, 3.63) is 48.0 Å². The first-order chi connectivity index (χ1) is 11.3. The van der Waals surface area contributed by atoms with Gasteiger partial charge in [0.2, 0.25) is 0 Å². The van der Waals surface area contributed by atoms with Gasteiger partial charge in [-0.1, -0.05) is 18.2 Å². The van der Waals surface area contributed by atoms with Gasteiger partial charge in [0.15, 0.2) is 11.5 Å². The molecule has 0 unspecified atom stereocenters. The van der Waals surface area contributed by atoms with Crippen LogP contribution in [0.5, 0.6) is 0 Å². The highest BCUT2D eigenvalue weighted by Gasteiger charge is 2.23. The van der Waals surface area contributed by atoms with Crippen LogP contribution < -0.4 is 4.90 Å². The van der Waals surface area contributed by atoms with E-state index in [4.69, 9.17) is 0 Å². The summed E-state index contributed by atoms with van der Waals surface area (Å²) in [4.78, 5) is 16.5. The third-order valence-electron chi connectivity index (χ3n) is 3.97. The number of aromatic nitrogens is 5. The summed E-state index contributed by atoms with van der Waals surface area (Å²) >= 11 is 0. The smallest absolute Gasteiger partial charge is 0.253 e. The van der Waals surface area contributed by atoms with Crippen LogP contribution in [0.25, 0.3) is 5.65 Å². The zero-order valence-corrected chi connectivity index (χ0v) is 12.4. The first-order valence-electron chi connectivity index (χ1n) is 7.46. The minimum atomic E-state index is 0.0779. The van der Waals surface area contributed by atoms with Gasteiger partial charge in [0.05, 0.1) is 0 Å². The van der Waals surface area contributed by atoms with Gasteiger partial charge in [-0.25, -0.2) is 0 Å². The van der Waals surface area contributed by atoms with Crippen LogP contribution in [0.1, 0.15) is 10.4 Å². The lowest BCUT2D eigenvalue weighted by Crippen LogP contribution is -2.49. The monoisotopic (exact) mass is 309 g/mol. The summed E-state index contributed by atoms with van der Waals surface area (Å²) in [6, 6.07) is 13.1. The van der Waals surface area contributed by atoms with Gasteiger partial charge >= 0.3 is 0 Å². The molecule has 1 aliphatic heterocycles. The number of amides is 1. The number of carbonyl (C=O) groups excluding carboxylic acids is 1. The third-order valence-corrected chi connectivity index (χ3v) is 3.97. The summed E-state index contributed by atoms with van der Waals surface area (Å²) < 4.78 is 1.41. The van der Waals surface area contributed by atoms with Gasteiger partial charge in [0.25, 0.3) is 5.91 Å². The maximum Gasteiger partial charge on any atom is 0.253 e. The molecular weight excluding hydrogens is 294 g/mol. The molecule has 0 radical (unpaired) electrons. The predicted octanol–water partition coefficient (Wildman–Crippen LogP) is 0.482. The number of piperazine rings is 1. The van der Waals surface area contributed by atoms with E-state index in [1.54, 1.807) is 0 Å². The fraction of sp³-hybridized carbons (Fsp3) is 0.267. The molecule has 0 N–H and O–H groups in total. The standard InChI is InChI=1S/C15H15N7O/c23-15(12-4-2-1-3-5-12)21-10-8-20(9-11-21)14-7-6-13-16-18-19-22(13)17-14/h1-7H,8-11H2. The van der Waals surface area contributed by atoms with Gasteiger partial charge in [0, 0.05) is 31.7 Å². The SMILES string of the molecule is O=C(c1ccccc1)N1CCN(c2ccc3nnnn3n2)CC1. The lowest BCUT2D eigenvalue weighted by Gasteiger charge is -2.35. The highest BCUT2D eigenvalue weighted by molar-refractivity contribution is 5.94. The summed E-state index contributed by atoms with van der Waals surface area (Å²) in [5.41, 5.74) is 1.35. The minimum Gasteiger partial charge on any atom is -0.352 e. The van der Waals surface area contributed by atoms with Crippen molar-refractivity contribution in [3.8, 4) is 0 Å². The van der Waals surface area contributed by atoms with E-state index < -0.39 is 0 Å². The van der Waals surface area contributed by atoms with Gasteiger partial charge in [-0.3, -0.25) is 4.79 Å². The Morgan fingerprint density at radius 3 is 2.52 bits per heavy atom. The van der Waals surface area contributed by atoms with E-state index in [1.165, 1.54) is 4.63 Å². The molecule has 0 aliphatic carbocycles. The molecule has 0 saturated carbocycles. The number of tetrazole rings is 1. The molecule has 3 heterocycles. The molecular formula is C15H15N7O. The van der Waals surface area contributed by atoms with Crippen LogP contribution >= 0.6 is 0 Å². The molecule has 0 atom stereocenters. The van der Waals surface area contributed by atoms with E-state index in [9.17, 15) is 4.79 Å². The van der Waals surface area contributed by atoms with Crippen molar-refractivity contribution in [3.63, 3.8) is 0 Å². The van der Waals surface area contributed by atoms with Gasteiger partial charge in [-0.2, -0.15) is 0 Å². The second-order valence-electron chi connectivity index (χ2n) is 5.36. The predicted molar refractivity (Wildman–Crippen MR) is 83.1 cm³/mol. The third kappa shape index (κ3) is 2.59. The molecule has 0 bridgehead atoms. The Morgan fingerprint density at radius 1 is 0.957 bits per heavy atom. The van der Waals surface area contributed by atoms with Crippen molar-refractivity contribution in [1.82, 2.24) is 30.2 Å². The Labute approximate surface area is 132 Å². The Balaban J connectivity index is 1.45. The van der Waals surface area contributed by atoms with Crippen LogP contribution in [0, 0.1) is 0 Å².